The van der Waals surface area contributed by atoms with Gasteiger partial charge in [0.25, 0.3) is 5.91 Å². The van der Waals surface area contributed by atoms with E-state index in [4.69, 9.17) is 4.74 Å². The molecule has 1 heterocycles. The molecule has 0 radical (unpaired) electrons. The third kappa shape index (κ3) is 3.83. The van der Waals surface area contributed by atoms with E-state index >= 15 is 0 Å². The van der Waals surface area contributed by atoms with Crippen LogP contribution in [0.5, 0.6) is 5.75 Å². The second-order valence-corrected chi connectivity index (χ2v) is 8.42. The van der Waals surface area contributed by atoms with Crippen molar-refractivity contribution in [2.24, 2.45) is 0 Å². The molecule has 26 heavy (non-hydrogen) atoms. The number of ether oxygens (including phenoxy) is 1. The third-order valence-corrected chi connectivity index (χ3v) is 5.48. The number of aryl methyl sites for hydroxylation is 1. The van der Waals surface area contributed by atoms with Gasteiger partial charge in [0.1, 0.15) is 5.75 Å². The lowest BCUT2D eigenvalue weighted by atomic mass is 10.1. The monoisotopic (exact) mass is 374 g/mol. The molecule has 2 atom stereocenters. The van der Waals surface area contributed by atoms with E-state index in [-0.39, 0.29) is 18.5 Å². The standard InChI is InChI=1S/C19H22N2O4S/c1-13-9-10-17-16(11-13)21(26(3,23)24)12-18(25-17)19(22)20-14(2)15-7-5-4-6-8-15/h4-11,14,18H,12H2,1-3H3,(H,20,22)/t14-,18+/m1/s1. The molecule has 7 heteroatoms. The minimum atomic E-state index is -3.53. The second kappa shape index (κ2) is 6.99. The maximum atomic E-state index is 12.7. The van der Waals surface area contributed by atoms with Gasteiger partial charge in [-0.05, 0) is 37.1 Å². The minimum Gasteiger partial charge on any atom is -0.476 e. The Morgan fingerprint density at radius 1 is 1.23 bits per heavy atom. The number of nitrogens with one attached hydrogen (secondary N) is 1. The Morgan fingerprint density at radius 3 is 2.58 bits per heavy atom. The highest BCUT2D eigenvalue weighted by Crippen LogP contribution is 2.35. The highest BCUT2D eigenvalue weighted by atomic mass is 32.2. The maximum Gasteiger partial charge on any atom is 0.263 e. The van der Waals surface area contributed by atoms with E-state index in [9.17, 15) is 13.2 Å². The van der Waals surface area contributed by atoms with E-state index in [1.165, 1.54) is 4.31 Å². The number of carbonyl (C=O) groups is 1. The fraction of sp³-hybridized carbons (Fsp3) is 0.316. The first kappa shape index (κ1) is 18.3. The van der Waals surface area contributed by atoms with Crippen LogP contribution in [0.4, 0.5) is 5.69 Å². The van der Waals surface area contributed by atoms with Gasteiger partial charge in [-0.15, -0.1) is 0 Å². The molecule has 1 aliphatic heterocycles. The van der Waals surface area contributed by atoms with Crippen molar-refractivity contribution < 1.29 is 17.9 Å². The predicted octanol–water partition coefficient (Wildman–Crippen LogP) is 2.40. The van der Waals surface area contributed by atoms with Crippen molar-refractivity contribution in [3.63, 3.8) is 0 Å². The number of sulfonamides is 1. The summed E-state index contributed by atoms with van der Waals surface area (Å²) in [4.78, 5) is 12.7. The molecule has 0 saturated carbocycles. The van der Waals surface area contributed by atoms with Crippen molar-refractivity contribution in [3.05, 3.63) is 59.7 Å². The topological polar surface area (TPSA) is 75.7 Å². The molecule has 1 amide bonds. The van der Waals surface area contributed by atoms with Gasteiger partial charge < -0.3 is 10.1 Å². The highest BCUT2D eigenvalue weighted by molar-refractivity contribution is 7.92. The Bertz CT molecular complexity index is 912. The van der Waals surface area contributed by atoms with Crippen LogP contribution in [0.3, 0.4) is 0 Å². The van der Waals surface area contributed by atoms with Gasteiger partial charge in [0, 0.05) is 0 Å². The largest absolute Gasteiger partial charge is 0.476 e. The molecule has 138 valence electrons. The number of amides is 1. The van der Waals surface area contributed by atoms with Gasteiger partial charge in [0.2, 0.25) is 10.0 Å². The molecule has 0 spiro atoms. The Morgan fingerprint density at radius 2 is 1.92 bits per heavy atom. The zero-order valence-electron chi connectivity index (χ0n) is 15.0. The van der Waals surface area contributed by atoms with Crippen molar-refractivity contribution in [2.45, 2.75) is 26.0 Å². The van der Waals surface area contributed by atoms with E-state index in [2.05, 4.69) is 5.32 Å². The summed E-state index contributed by atoms with van der Waals surface area (Å²) in [5, 5.41) is 2.89. The van der Waals surface area contributed by atoms with Crippen LogP contribution in [0.15, 0.2) is 48.5 Å². The zero-order chi connectivity index (χ0) is 18.9. The Hall–Kier alpha value is -2.54. The fourth-order valence-electron chi connectivity index (χ4n) is 2.94. The lowest BCUT2D eigenvalue weighted by Gasteiger charge is -2.34. The number of fused-ring (bicyclic) bond motifs is 1. The SMILES string of the molecule is Cc1ccc2c(c1)N(S(C)(=O)=O)C[C@@H](C(=O)N[C@H](C)c1ccccc1)O2. The number of anilines is 1. The van der Waals surface area contributed by atoms with Gasteiger partial charge in [-0.1, -0.05) is 36.4 Å². The van der Waals surface area contributed by atoms with Crippen molar-refractivity contribution in [2.75, 3.05) is 17.1 Å². The fourth-order valence-corrected chi connectivity index (χ4v) is 3.85. The van der Waals surface area contributed by atoms with Crippen molar-refractivity contribution >= 4 is 21.6 Å². The summed E-state index contributed by atoms with van der Waals surface area (Å²) in [6.45, 7) is 3.70. The number of carbonyl (C=O) groups excluding carboxylic acids is 1. The number of rotatable bonds is 4. The summed E-state index contributed by atoms with van der Waals surface area (Å²) in [5.74, 6) is 0.0426. The van der Waals surface area contributed by atoms with E-state index in [1.54, 1.807) is 12.1 Å². The van der Waals surface area contributed by atoms with E-state index in [0.29, 0.717) is 11.4 Å². The zero-order valence-corrected chi connectivity index (χ0v) is 15.8. The quantitative estimate of drug-likeness (QED) is 0.892. The lowest BCUT2D eigenvalue weighted by Crippen LogP contribution is -2.50. The first-order valence-corrected chi connectivity index (χ1v) is 10.2. The van der Waals surface area contributed by atoms with Gasteiger partial charge in [-0.25, -0.2) is 8.42 Å². The number of hydrogen-bond acceptors (Lipinski definition) is 4. The van der Waals surface area contributed by atoms with Crippen LogP contribution in [0.25, 0.3) is 0 Å². The van der Waals surface area contributed by atoms with Gasteiger partial charge in [-0.2, -0.15) is 0 Å². The van der Waals surface area contributed by atoms with Crippen LogP contribution in [0.1, 0.15) is 24.1 Å². The van der Waals surface area contributed by atoms with Crippen LogP contribution < -0.4 is 14.4 Å². The smallest absolute Gasteiger partial charge is 0.263 e. The van der Waals surface area contributed by atoms with Gasteiger partial charge in [0.15, 0.2) is 6.10 Å². The van der Waals surface area contributed by atoms with Crippen LogP contribution in [-0.4, -0.2) is 33.2 Å². The Balaban J connectivity index is 1.83. The average molecular weight is 374 g/mol. The Kier molecular flexibility index (Phi) is 4.91. The Labute approximate surface area is 153 Å². The molecule has 1 aliphatic rings. The predicted molar refractivity (Wildman–Crippen MR) is 101 cm³/mol. The van der Waals surface area contributed by atoms with Crippen molar-refractivity contribution in [3.8, 4) is 5.75 Å². The van der Waals surface area contributed by atoms with Crippen LogP contribution >= 0.6 is 0 Å². The number of hydrogen-bond donors (Lipinski definition) is 1. The second-order valence-electron chi connectivity index (χ2n) is 6.51. The molecule has 2 aromatic rings. The van der Waals surface area contributed by atoms with Crippen LogP contribution in [-0.2, 0) is 14.8 Å². The number of nitrogens with zero attached hydrogens (tertiary/aromatic N) is 1. The van der Waals surface area contributed by atoms with Gasteiger partial charge >= 0.3 is 0 Å². The molecule has 0 bridgehead atoms. The van der Waals surface area contributed by atoms with E-state index < -0.39 is 16.1 Å². The molecular weight excluding hydrogens is 352 g/mol. The summed E-state index contributed by atoms with van der Waals surface area (Å²) in [6, 6.07) is 14.6. The molecule has 6 nitrogen and oxygen atoms in total. The summed E-state index contributed by atoms with van der Waals surface area (Å²) in [7, 11) is -3.53. The molecule has 2 aromatic carbocycles. The minimum absolute atomic E-state index is 0.0529. The van der Waals surface area contributed by atoms with E-state index in [1.807, 2.05) is 50.2 Å². The lowest BCUT2D eigenvalue weighted by molar-refractivity contribution is -0.128. The van der Waals surface area contributed by atoms with Crippen LogP contribution in [0, 0.1) is 6.92 Å². The van der Waals surface area contributed by atoms with Gasteiger partial charge in [-0.3, -0.25) is 9.10 Å². The van der Waals surface area contributed by atoms with Gasteiger partial charge in [0.05, 0.1) is 24.5 Å². The summed E-state index contributed by atoms with van der Waals surface area (Å²) in [5.41, 5.74) is 2.35. The van der Waals surface area contributed by atoms with E-state index in [0.717, 1.165) is 17.4 Å². The molecule has 0 unspecified atom stereocenters. The first-order valence-electron chi connectivity index (χ1n) is 8.36. The highest BCUT2D eigenvalue weighted by Gasteiger charge is 2.35. The molecular formula is C19H22N2O4S. The third-order valence-electron chi connectivity index (χ3n) is 4.34. The molecule has 0 aliphatic carbocycles. The van der Waals surface area contributed by atoms with Crippen LogP contribution in [0.2, 0.25) is 0 Å². The maximum absolute atomic E-state index is 12.7. The summed E-state index contributed by atoms with van der Waals surface area (Å²) in [6.07, 6.45) is 0.220. The molecule has 0 saturated heterocycles. The summed E-state index contributed by atoms with van der Waals surface area (Å²) < 4.78 is 31.4. The molecule has 0 fully saturated rings. The molecule has 3 rings (SSSR count). The molecule has 1 N–H and O–H groups in total. The van der Waals surface area contributed by atoms with Crippen molar-refractivity contribution in [1.82, 2.24) is 5.32 Å². The average Bonchev–Trinajstić information content (AvgIpc) is 2.60. The number of benzene rings is 2. The van der Waals surface area contributed by atoms with Crippen molar-refractivity contribution in [1.29, 1.82) is 0 Å². The summed E-state index contributed by atoms with van der Waals surface area (Å²) >= 11 is 0. The first-order chi connectivity index (χ1) is 12.3. The molecule has 0 aromatic heterocycles. The normalized spacial score (nSPS) is 17.8.